The van der Waals surface area contributed by atoms with Crippen LogP contribution in [0, 0.1) is 0 Å². The van der Waals surface area contributed by atoms with Gasteiger partial charge >= 0.3 is 0 Å². The molecule has 31 heavy (non-hydrogen) atoms. The molecule has 0 aliphatic heterocycles. The SMILES string of the molecule is O=C(COc1ccc(CCNC(=O)c2cc(Cl)ccc2-n2cnnn2)cc1)NC1CC1. The third-order valence-corrected chi connectivity index (χ3v) is 4.97. The number of carbonyl (C=O) groups is 2. The van der Waals surface area contributed by atoms with E-state index in [2.05, 4.69) is 26.2 Å². The maximum absolute atomic E-state index is 12.7. The van der Waals surface area contributed by atoms with E-state index < -0.39 is 0 Å². The number of rotatable bonds is 9. The Hall–Kier alpha value is -3.46. The van der Waals surface area contributed by atoms with Crippen molar-refractivity contribution in [1.29, 1.82) is 0 Å². The molecule has 0 bridgehead atoms. The Morgan fingerprint density at radius 3 is 2.68 bits per heavy atom. The lowest BCUT2D eigenvalue weighted by atomic mass is 10.1. The molecule has 0 radical (unpaired) electrons. The maximum atomic E-state index is 12.7. The van der Waals surface area contributed by atoms with Gasteiger partial charge in [-0.1, -0.05) is 23.7 Å². The lowest BCUT2D eigenvalue weighted by Gasteiger charge is -2.11. The Morgan fingerprint density at radius 1 is 1.16 bits per heavy atom. The van der Waals surface area contributed by atoms with Crippen molar-refractivity contribution in [2.45, 2.75) is 25.3 Å². The molecule has 1 aliphatic rings. The zero-order valence-electron chi connectivity index (χ0n) is 16.6. The van der Waals surface area contributed by atoms with Gasteiger partial charge in [0.2, 0.25) is 0 Å². The van der Waals surface area contributed by atoms with Crippen LogP contribution in [0.1, 0.15) is 28.8 Å². The minimum Gasteiger partial charge on any atom is -0.484 e. The van der Waals surface area contributed by atoms with Crippen LogP contribution >= 0.6 is 11.6 Å². The Kier molecular flexibility index (Phi) is 6.42. The summed E-state index contributed by atoms with van der Waals surface area (Å²) in [7, 11) is 0. The van der Waals surface area contributed by atoms with Crippen molar-refractivity contribution >= 4 is 23.4 Å². The average Bonchev–Trinajstić information content (AvgIpc) is 3.41. The quantitative estimate of drug-likeness (QED) is 0.526. The molecule has 9 nitrogen and oxygen atoms in total. The first kappa shape index (κ1) is 20.8. The van der Waals surface area contributed by atoms with Crippen LogP contribution in [0.25, 0.3) is 5.69 Å². The van der Waals surface area contributed by atoms with Gasteiger partial charge in [0.15, 0.2) is 6.61 Å². The van der Waals surface area contributed by atoms with E-state index in [1.165, 1.54) is 11.0 Å². The molecular formula is C21H21ClN6O3. The van der Waals surface area contributed by atoms with Gasteiger partial charge < -0.3 is 15.4 Å². The number of amides is 2. The van der Waals surface area contributed by atoms with Crippen molar-refractivity contribution in [3.05, 3.63) is 64.9 Å². The van der Waals surface area contributed by atoms with E-state index >= 15 is 0 Å². The molecule has 0 saturated heterocycles. The fraction of sp³-hybridized carbons (Fsp3) is 0.286. The van der Waals surface area contributed by atoms with Crippen LogP contribution in [0.2, 0.25) is 5.02 Å². The normalized spacial score (nSPS) is 12.9. The molecule has 1 saturated carbocycles. The standard InChI is InChI=1S/C21H21ClN6O3/c22-15-3-8-19(28-13-24-26-27-28)18(11-15)21(30)23-10-9-14-1-6-17(7-2-14)31-12-20(29)25-16-4-5-16/h1-3,6-8,11,13,16H,4-5,9-10,12H2,(H,23,30)(H,25,29). The fourth-order valence-electron chi connectivity index (χ4n) is 2.98. The highest BCUT2D eigenvalue weighted by atomic mass is 35.5. The number of carbonyl (C=O) groups excluding carboxylic acids is 2. The Balaban J connectivity index is 1.28. The minimum atomic E-state index is -0.269. The largest absolute Gasteiger partial charge is 0.484 e. The Morgan fingerprint density at radius 2 is 1.97 bits per heavy atom. The van der Waals surface area contributed by atoms with Gasteiger partial charge in [0, 0.05) is 17.6 Å². The van der Waals surface area contributed by atoms with Crippen LogP contribution < -0.4 is 15.4 Å². The lowest BCUT2D eigenvalue weighted by molar-refractivity contribution is -0.123. The summed E-state index contributed by atoms with van der Waals surface area (Å²) in [6.07, 6.45) is 4.15. The van der Waals surface area contributed by atoms with Gasteiger partial charge in [0.1, 0.15) is 12.1 Å². The third-order valence-electron chi connectivity index (χ3n) is 4.73. The van der Waals surface area contributed by atoms with E-state index in [0.29, 0.717) is 41.0 Å². The van der Waals surface area contributed by atoms with Crippen molar-refractivity contribution in [1.82, 2.24) is 30.8 Å². The fourth-order valence-corrected chi connectivity index (χ4v) is 3.15. The summed E-state index contributed by atoms with van der Waals surface area (Å²) in [6, 6.07) is 12.7. The van der Waals surface area contributed by atoms with Gasteiger partial charge in [-0.25, -0.2) is 0 Å². The van der Waals surface area contributed by atoms with Crippen LogP contribution in [0.4, 0.5) is 0 Å². The van der Waals surface area contributed by atoms with Crippen molar-refractivity contribution < 1.29 is 14.3 Å². The molecule has 1 aliphatic carbocycles. The Bertz CT molecular complexity index is 1050. The number of hydrogen-bond donors (Lipinski definition) is 2. The first-order valence-corrected chi connectivity index (χ1v) is 10.3. The van der Waals surface area contributed by atoms with Crippen LogP contribution in [-0.4, -0.2) is 51.2 Å². The zero-order chi connectivity index (χ0) is 21.6. The second kappa shape index (κ2) is 9.57. The number of halogens is 1. The molecule has 2 N–H and O–H groups in total. The van der Waals surface area contributed by atoms with Crippen molar-refractivity contribution in [3.8, 4) is 11.4 Å². The smallest absolute Gasteiger partial charge is 0.258 e. The second-order valence-electron chi connectivity index (χ2n) is 7.20. The molecule has 0 unspecified atom stereocenters. The first-order valence-electron chi connectivity index (χ1n) is 9.91. The van der Waals surface area contributed by atoms with Gasteiger partial charge in [-0.05, 0) is 65.6 Å². The second-order valence-corrected chi connectivity index (χ2v) is 7.63. The summed E-state index contributed by atoms with van der Waals surface area (Å²) in [4.78, 5) is 24.4. The maximum Gasteiger partial charge on any atom is 0.258 e. The van der Waals surface area contributed by atoms with Crippen molar-refractivity contribution in [3.63, 3.8) is 0 Å². The number of aromatic nitrogens is 4. The molecule has 160 valence electrons. The van der Waals surface area contributed by atoms with E-state index in [9.17, 15) is 9.59 Å². The van der Waals surface area contributed by atoms with Gasteiger partial charge in [-0.3, -0.25) is 9.59 Å². The summed E-state index contributed by atoms with van der Waals surface area (Å²) in [5, 5.41) is 17.3. The summed E-state index contributed by atoms with van der Waals surface area (Å²) in [5.74, 6) is 0.259. The monoisotopic (exact) mass is 440 g/mol. The van der Waals surface area contributed by atoms with Crippen LogP contribution in [-0.2, 0) is 11.2 Å². The molecule has 1 fully saturated rings. The molecule has 1 heterocycles. The number of nitrogens with one attached hydrogen (secondary N) is 2. The van der Waals surface area contributed by atoms with E-state index in [0.717, 1.165) is 18.4 Å². The topological polar surface area (TPSA) is 111 Å². The molecule has 2 aromatic carbocycles. The number of ether oxygens (including phenoxy) is 1. The van der Waals surface area contributed by atoms with Gasteiger partial charge in [-0.15, -0.1) is 5.10 Å². The van der Waals surface area contributed by atoms with Gasteiger partial charge in [-0.2, -0.15) is 4.68 Å². The molecule has 4 rings (SSSR count). The minimum absolute atomic E-state index is 0.00909. The first-order chi connectivity index (χ1) is 15.1. The van der Waals surface area contributed by atoms with Crippen molar-refractivity contribution in [2.24, 2.45) is 0 Å². The van der Waals surface area contributed by atoms with E-state index in [-0.39, 0.29) is 18.4 Å². The molecule has 0 spiro atoms. The molecular weight excluding hydrogens is 420 g/mol. The highest BCUT2D eigenvalue weighted by molar-refractivity contribution is 6.31. The number of tetrazole rings is 1. The molecule has 10 heteroatoms. The van der Waals surface area contributed by atoms with Gasteiger partial charge in [0.05, 0.1) is 11.3 Å². The zero-order valence-corrected chi connectivity index (χ0v) is 17.4. The summed E-state index contributed by atoms with van der Waals surface area (Å²) >= 11 is 6.06. The van der Waals surface area contributed by atoms with Gasteiger partial charge in [0.25, 0.3) is 11.8 Å². The van der Waals surface area contributed by atoms with E-state index in [1.54, 1.807) is 18.2 Å². The highest BCUT2D eigenvalue weighted by Crippen LogP contribution is 2.20. The number of hydrogen-bond acceptors (Lipinski definition) is 6. The summed E-state index contributed by atoms with van der Waals surface area (Å²) in [5.41, 5.74) is 1.95. The molecule has 2 amide bonds. The molecule has 1 aromatic heterocycles. The highest BCUT2D eigenvalue weighted by Gasteiger charge is 2.23. The molecule has 0 atom stereocenters. The molecule has 3 aromatic rings. The van der Waals surface area contributed by atoms with E-state index in [1.807, 2.05) is 24.3 Å². The average molecular weight is 441 g/mol. The summed E-state index contributed by atoms with van der Waals surface area (Å²) < 4.78 is 6.91. The van der Waals surface area contributed by atoms with Crippen LogP contribution in [0.5, 0.6) is 5.75 Å². The third kappa shape index (κ3) is 5.79. The lowest BCUT2D eigenvalue weighted by Crippen LogP contribution is -2.30. The van der Waals surface area contributed by atoms with Crippen molar-refractivity contribution in [2.75, 3.05) is 13.2 Å². The van der Waals surface area contributed by atoms with Crippen LogP contribution in [0.3, 0.4) is 0 Å². The number of benzene rings is 2. The summed E-state index contributed by atoms with van der Waals surface area (Å²) in [6.45, 7) is 0.444. The van der Waals surface area contributed by atoms with E-state index in [4.69, 9.17) is 16.3 Å². The number of nitrogens with zero attached hydrogens (tertiary/aromatic N) is 4. The predicted molar refractivity (Wildman–Crippen MR) is 113 cm³/mol. The van der Waals surface area contributed by atoms with Crippen LogP contribution in [0.15, 0.2) is 48.8 Å². The predicted octanol–water partition coefficient (Wildman–Crippen LogP) is 1.95. The Labute approximate surface area is 183 Å².